The van der Waals surface area contributed by atoms with Gasteiger partial charge in [0, 0.05) is 12.6 Å². The number of phenols is 1. The smallest absolute Gasteiger partial charge is 0.311 e. The summed E-state index contributed by atoms with van der Waals surface area (Å²) in [5.41, 5.74) is 0.481. The van der Waals surface area contributed by atoms with Crippen LogP contribution in [0.2, 0.25) is 0 Å². The normalized spacial score (nSPS) is 20.6. The van der Waals surface area contributed by atoms with E-state index in [4.69, 9.17) is 4.74 Å². The summed E-state index contributed by atoms with van der Waals surface area (Å²) in [6, 6.07) is 4.33. The van der Waals surface area contributed by atoms with Crippen LogP contribution in [0.5, 0.6) is 5.75 Å². The molecule has 0 radical (unpaired) electrons. The maximum Gasteiger partial charge on any atom is 0.311 e. The summed E-state index contributed by atoms with van der Waals surface area (Å²) in [5, 5.41) is 23.2. The van der Waals surface area contributed by atoms with Crippen LogP contribution in [0.3, 0.4) is 0 Å². The quantitative estimate of drug-likeness (QED) is 0.577. The Hall–Kier alpha value is -1.66. The Balaban J connectivity index is 2.27. The van der Waals surface area contributed by atoms with E-state index in [9.17, 15) is 15.2 Å². The molecule has 1 fully saturated rings. The molecule has 2 rings (SSSR count). The predicted molar refractivity (Wildman–Crippen MR) is 56.3 cm³/mol. The lowest BCUT2D eigenvalue weighted by Gasteiger charge is -2.23. The van der Waals surface area contributed by atoms with E-state index in [1.54, 1.807) is 6.07 Å². The van der Waals surface area contributed by atoms with Crippen LogP contribution in [0.15, 0.2) is 18.2 Å². The zero-order valence-corrected chi connectivity index (χ0v) is 8.55. The van der Waals surface area contributed by atoms with Gasteiger partial charge in [-0.15, -0.1) is 0 Å². The fourth-order valence-electron chi connectivity index (χ4n) is 1.68. The number of nitrogens with one attached hydrogen (secondary N) is 1. The Bertz CT molecular complexity index is 402. The Kier molecular flexibility index (Phi) is 3.02. The Morgan fingerprint density at radius 2 is 2.38 bits per heavy atom. The van der Waals surface area contributed by atoms with Gasteiger partial charge in [-0.05, 0) is 11.6 Å². The van der Waals surface area contributed by atoms with E-state index < -0.39 is 4.92 Å². The molecule has 16 heavy (non-hydrogen) atoms. The van der Waals surface area contributed by atoms with E-state index in [-0.39, 0.29) is 17.5 Å². The van der Waals surface area contributed by atoms with Gasteiger partial charge in [0.1, 0.15) is 0 Å². The van der Waals surface area contributed by atoms with Crippen molar-refractivity contribution in [1.82, 2.24) is 5.32 Å². The number of nitro groups is 1. The molecule has 0 saturated carbocycles. The standard InChI is InChI=1S/C10H12N2O4/c13-10-2-1-7(5-9(10)12(14)15)8-6-16-4-3-11-8/h1-2,5,8,11,13H,3-4,6H2/t8-/m1/s1. The number of hydrogen-bond acceptors (Lipinski definition) is 5. The Morgan fingerprint density at radius 3 is 3.00 bits per heavy atom. The molecule has 2 N–H and O–H groups in total. The second kappa shape index (κ2) is 4.46. The zero-order valence-electron chi connectivity index (χ0n) is 8.55. The van der Waals surface area contributed by atoms with Gasteiger partial charge < -0.3 is 15.2 Å². The van der Waals surface area contributed by atoms with Crippen LogP contribution in [0.4, 0.5) is 5.69 Å². The highest BCUT2D eigenvalue weighted by Gasteiger charge is 2.20. The maximum absolute atomic E-state index is 10.7. The minimum Gasteiger partial charge on any atom is -0.502 e. The molecule has 0 aromatic heterocycles. The van der Waals surface area contributed by atoms with Gasteiger partial charge in [0.05, 0.1) is 24.2 Å². The van der Waals surface area contributed by atoms with Crippen LogP contribution in [-0.2, 0) is 4.74 Å². The van der Waals surface area contributed by atoms with Crippen LogP contribution >= 0.6 is 0 Å². The molecular weight excluding hydrogens is 212 g/mol. The highest BCUT2D eigenvalue weighted by Crippen LogP contribution is 2.29. The SMILES string of the molecule is O=[N+]([O-])c1cc([C@H]2COCCN2)ccc1O. The molecule has 0 bridgehead atoms. The first-order valence-electron chi connectivity index (χ1n) is 4.97. The van der Waals surface area contributed by atoms with Crippen molar-refractivity contribution in [2.45, 2.75) is 6.04 Å². The van der Waals surface area contributed by atoms with Gasteiger partial charge in [-0.2, -0.15) is 0 Å². The van der Waals surface area contributed by atoms with Gasteiger partial charge >= 0.3 is 5.69 Å². The molecule has 86 valence electrons. The molecule has 1 aromatic rings. The van der Waals surface area contributed by atoms with Crippen molar-refractivity contribution < 1.29 is 14.8 Å². The monoisotopic (exact) mass is 224 g/mol. The highest BCUT2D eigenvalue weighted by molar-refractivity contribution is 5.48. The molecule has 0 aliphatic carbocycles. The third-order valence-corrected chi connectivity index (χ3v) is 2.52. The van der Waals surface area contributed by atoms with Crippen molar-refractivity contribution in [3.05, 3.63) is 33.9 Å². The Labute approximate surface area is 92.0 Å². The van der Waals surface area contributed by atoms with Crippen molar-refractivity contribution >= 4 is 5.69 Å². The minimum atomic E-state index is -0.595. The van der Waals surface area contributed by atoms with Gasteiger partial charge in [-0.25, -0.2) is 0 Å². The van der Waals surface area contributed by atoms with Crippen LogP contribution < -0.4 is 5.32 Å². The van der Waals surface area contributed by atoms with Crippen molar-refractivity contribution in [3.8, 4) is 5.75 Å². The van der Waals surface area contributed by atoms with Crippen molar-refractivity contribution in [1.29, 1.82) is 0 Å². The first-order valence-corrected chi connectivity index (χ1v) is 4.97. The summed E-state index contributed by atoms with van der Waals surface area (Å²) in [6.45, 7) is 1.86. The summed E-state index contributed by atoms with van der Waals surface area (Å²) in [4.78, 5) is 10.1. The fourth-order valence-corrected chi connectivity index (χ4v) is 1.68. The highest BCUT2D eigenvalue weighted by atomic mass is 16.6. The molecule has 6 heteroatoms. The van der Waals surface area contributed by atoms with Crippen molar-refractivity contribution in [2.24, 2.45) is 0 Å². The van der Waals surface area contributed by atoms with Crippen LogP contribution in [0.25, 0.3) is 0 Å². The number of hydrogen-bond donors (Lipinski definition) is 2. The molecule has 0 unspecified atom stereocenters. The maximum atomic E-state index is 10.7. The number of nitro benzene ring substituents is 1. The van der Waals surface area contributed by atoms with E-state index in [0.717, 1.165) is 12.1 Å². The average Bonchev–Trinajstić information content (AvgIpc) is 2.30. The summed E-state index contributed by atoms with van der Waals surface area (Å²) >= 11 is 0. The molecule has 1 aliphatic heterocycles. The number of aromatic hydroxyl groups is 1. The number of morpholine rings is 1. The number of rotatable bonds is 2. The average molecular weight is 224 g/mol. The van der Waals surface area contributed by atoms with E-state index in [1.807, 2.05) is 0 Å². The lowest BCUT2D eigenvalue weighted by Crippen LogP contribution is -2.34. The fraction of sp³-hybridized carbons (Fsp3) is 0.400. The molecule has 1 heterocycles. The summed E-state index contributed by atoms with van der Waals surface area (Å²) in [7, 11) is 0. The molecule has 0 amide bonds. The van der Waals surface area contributed by atoms with Gasteiger partial charge in [-0.3, -0.25) is 10.1 Å². The van der Waals surface area contributed by atoms with E-state index in [1.165, 1.54) is 12.1 Å². The van der Waals surface area contributed by atoms with E-state index in [2.05, 4.69) is 5.32 Å². The molecule has 6 nitrogen and oxygen atoms in total. The number of benzene rings is 1. The molecule has 1 atom stereocenters. The number of nitrogens with zero attached hydrogens (tertiary/aromatic N) is 1. The van der Waals surface area contributed by atoms with Crippen LogP contribution in [0, 0.1) is 10.1 Å². The molecule has 1 aromatic carbocycles. The second-order valence-electron chi connectivity index (χ2n) is 3.59. The number of phenolic OH excluding ortho intramolecular Hbond substituents is 1. The van der Waals surface area contributed by atoms with Crippen molar-refractivity contribution in [2.75, 3.05) is 19.8 Å². The minimum absolute atomic E-state index is 0.0481. The van der Waals surface area contributed by atoms with E-state index >= 15 is 0 Å². The van der Waals surface area contributed by atoms with Gasteiger partial charge in [0.15, 0.2) is 5.75 Å². The third kappa shape index (κ3) is 2.12. The lowest BCUT2D eigenvalue weighted by molar-refractivity contribution is -0.385. The number of ether oxygens (including phenoxy) is 1. The van der Waals surface area contributed by atoms with Gasteiger partial charge in [0.25, 0.3) is 0 Å². The van der Waals surface area contributed by atoms with E-state index in [0.29, 0.717) is 13.2 Å². The topological polar surface area (TPSA) is 84.6 Å². The molecule has 1 saturated heterocycles. The summed E-state index contributed by atoms with van der Waals surface area (Å²) in [6.07, 6.45) is 0. The molecular formula is C10H12N2O4. The first kappa shape index (κ1) is 10.8. The van der Waals surface area contributed by atoms with Crippen molar-refractivity contribution in [3.63, 3.8) is 0 Å². The lowest BCUT2D eigenvalue weighted by atomic mass is 10.1. The van der Waals surface area contributed by atoms with Crippen LogP contribution in [0.1, 0.15) is 11.6 Å². The largest absolute Gasteiger partial charge is 0.502 e. The summed E-state index contributed by atoms with van der Waals surface area (Å²) in [5.74, 6) is -0.314. The molecule has 0 spiro atoms. The first-order chi connectivity index (χ1) is 7.68. The predicted octanol–water partition coefficient (Wildman–Crippen LogP) is 0.961. The van der Waals surface area contributed by atoms with Crippen LogP contribution in [-0.4, -0.2) is 29.8 Å². The summed E-state index contributed by atoms with van der Waals surface area (Å²) < 4.78 is 5.27. The zero-order chi connectivity index (χ0) is 11.5. The van der Waals surface area contributed by atoms with Gasteiger partial charge in [-0.1, -0.05) is 6.07 Å². The molecule has 1 aliphatic rings. The second-order valence-corrected chi connectivity index (χ2v) is 3.59. The third-order valence-electron chi connectivity index (χ3n) is 2.52. The van der Waals surface area contributed by atoms with Gasteiger partial charge in [0.2, 0.25) is 0 Å². The Morgan fingerprint density at radius 1 is 1.56 bits per heavy atom.